The summed E-state index contributed by atoms with van der Waals surface area (Å²) in [6.45, 7) is 19.6. The van der Waals surface area contributed by atoms with Crippen molar-refractivity contribution in [2.24, 2.45) is 0 Å². The number of hydrogen-bond donors (Lipinski definition) is 1. The van der Waals surface area contributed by atoms with E-state index in [1.54, 1.807) is 55.3 Å². The van der Waals surface area contributed by atoms with E-state index >= 15 is 4.57 Å². The molecule has 5 heterocycles. The van der Waals surface area contributed by atoms with Gasteiger partial charge in [-0.05, 0) is 84.2 Å². The first kappa shape index (κ1) is 52.6. The minimum absolute atomic E-state index is 0.0290. The molecule has 0 spiro atoms. The molecule has 22 nitrogen and oxygen atoms in total. The number of aromatic nitrogens is 8. The monoisotopic (exact) mass is 990 g/mol. The van der Waals surface area contributed by atoms with Crippen molar-refractivity contribution in [1.29, 1.82) is 0 Å². The van der Waals surface area contributed by atoms with Crippen LogP contribution in [-0.4, -0.2) is 150 Å². The van der Waals surface area contributed by atoms with E-state index in [9.17, 15) is 4.79 Å². The molecular formula is C41H70ClN9O13PSi+. The molecule has 0 bridgehead atoms. The standard InChI is InChI=1S/C41H69ClN9O13PSi/c1-12-59-65(53,60-13-2)41(25-55-19-18-54-8,26-57-24-31-46-47-48-49(31)27-56-20-21-66(9,10)11)58-23-30-32-33(63-40(6,7)62-32)36(61-30)51-35-29(22-43-51)34(44-37(42)45-35)50(28-16-14-15-17-28)38(52)64-39(3,4)5/h22,28,30,32-33,36H,12-21,23-27H2,1-11H3/p+1/t30-,32-,33-,36-,41-/m1/s1. The van der Waals surface area contributed by atoms with Crippen LogP contribution in [0.25, 0.3) is 11.0 Å². The van der Waals surface area contributed by atoms with Crippen LogP contribution in [0.15, 0.2) is 6.20 Å². The third-order valence-electron chi connectivity index (χ3n) is 11.1. The zero-order valence-electron chi connectivity index (χ0n) is 40.3. The summed E-state index contributed by atoms with van der Waals surface area (Å²) in [6, 6.07) is 0.823. The zero-order chi connectivity index (χ0) is 47.9. The van der Waals surface area contributed by atoms with E-state index in [-0.39, 0.29) is 76.7 Å². The number of aromatic amines is 1. The second kappa shape index (κ2) is 22.3. The SMILES string of the molecule is CCOP(=O)(OCC)[C@](COCCOC)(COCc1n[nH]n[n+]1COCC[Si](C)(C)C)OC[C@H]1O[C@@H](n2ncc3c(N(C(=O)OC(C)(C)C)C4CCCC4)nc(Cl)nc32)[C@@H]2OC(C)(C)O[C@@H]21. The van der Waals surface area contributed by atoms with Crippen molar-refractivity contribution in [3.05, 3.63) is 17.3 Å². The van der Waals surface area contributed by atoms with Gasteiger partial charge in [-0.1, -0.05) is 32.5 Å². The third kappa shape index (κ3) is 12.9. The van der Waals surface area contributed by atoms with Crippen LogP contribution in [-0.2, 0) is 69.6 Å². The molecule has 3 aliphatic rings. The van der Waals surface area contributed by atoms with E-state index in [0.29, 0.717) is 23.5 Å². The van der Waals surface area contributed by atoms with E-state index in [0.717, 1.165) is 31.7 Å². The first-order chi connectivity index (χ1) is 31.2. The Morgan fingerprint density at radius 1 is 1.03 bits per heavy atom. The van der Waals surface area contributed by atoms with Crippen molar-refractivity contribution >= 4 is 50.2 Å². The van der Waals surface area contributed by atoms with Crippen LogP contribution >= 0.6 is 19.2 Å². The minimum Gasteiger partial charge on any atom is -0.443 e. The fourth-order valence-electron chi connectivity index (χ4n) is 8.00. The number of anilines is 1. The van der Waals surface area contributed by atoms with Crippen LogP contribution in [0, 0.1) is 0 Å². The van der Waals surface area contributed by atoms with E-state index in [4.69, 9.17) is 68.4 Å². The highest BCUT2D eigenvalue weighted by atomic mass is 35.5. The summed E-state index contributed by atoms with van der Waals surface area (Å²) in [4.78, 5) is 24.6. The van der Waals surface area contributed by atoms with E-state index in [1.807, 2.05) is 20.8 Å². The van der Waals surface area contributed by atoms with Crippen molar-refractivity contribution in [3.63, 3.8) is 0 Å². The second-order valence-electron chi connectivity index (χ2n) is 19.2. The minimum atomic E-state index is -4.23. The summed E-state index contributed by atoms with van der Waals surface area (Å²) < 4.78 is 86.0. The van der Waals surface area contributed by atoms with Crippen molar-refractivity contribution < 1.29 is 65.7 Å². The van der Waals surface area contributed by atoms with Gasteiger partial charge < -0.3 is 51.7 Å². The summed E-state index contributed by atoms with van der Waals surface area (Å²) in [5.41, 5.74) is -0.460. The molecule has 0 radical (unpaired) electrons. The molecule has 1 amide bonds. The third-order valence-corrected chi connectivity index (χ3v) is 15.5. The summed E-state index contributed by atoms with van der Waals surface area (Å²) in [5, 5.41) is 14.4. The molecule has 3 aromatic rings. The molecule has 5 atom stereocenters. The molecule has 1 N–H and O–H groups in total. The zero-order valence-corrected chi connectivity index (χ0v) is 42.9. The second-order valence-corrected chi connectivity index (χ2v) is 27.5. The maximum Gasteiger partial charge on any atom is 0.416 e. The lowest BCUT2D eigenvalue weighted by Crippen LogP contribution is -2.47. The van der Waals surface area contributed by atoms with Crippen LogP contribution in [0.4, 0.5) is 10.6 Å². The van der Waals surface area contributed by atoms with Gasteiger partial charge in [0.1, 0.15) is 30.5 Å². The maximum atomic E-state index is 15.1. The Kier molecular flexibility index (Phi) is 17.8. The number of halogens is 1. The number of hydrogen-bond acceptors (Lipinski definition) is 18. The Labute approximate surface area is 392 Å². The van der Waals surface area contributed by atoms with Gasteiger partial charge in [-0.3, -0.25) is 9.46 Å². The van der Waals surface area contributed by atoms with Gasteiger partial charge in [-0.2, -0.15) is 15.1 Å². The fraction of sp³-hybridized carbons (Fsp3) is 0.829. The average molecular weight is 992 g/mol. The Morgan fingerprint density at radius 2 is 1.73 bits per heavy atom. The molecule has 1 saturated carbocycles. The Balaban J connectivity index is 1.30. The highest BCUT2D eigenvalue weighted by molar-refractivity contribution is 7.55. The van der Waals surface area contributed by atoms with E-state index in [2.05, 4.69) is 45.1 Å². The average Bonchev–Trinajstić information content (AvgIpc) is 4.07. The quantitative estimate of drug-likeness (QED) is 0.0330. The van der Waals surface area contributed by atoms with Crippen LogP contribution in [0.3, 0.4) is 0 Å². The molecule has 2 saturated heterocycles. The molecule has 372 valence electrons. The maximum absolute atomic E-state index is 15.1. The summed E-state index contributed by atoms with van der Waals surface area (Å²) in [6.07, 6.45) is 1.23. The molecule has 3 fully saturated rings. The van der Waals surface area contributed by atoms with Gasteiger partial charge >= 0.3 is 19.5 Å². The largest absolute Gasteiger partial charge is 0.443 e. The predicted molar refractivity (Wildman–Crippen MR) is 242 cm³/mol. The summed E-state index contributed by atoms with van der Waals surface area (Å²) in [7, 11) is -3.98. The molecule has 66 heavy (non-hydrogen) atoms. The molecule has 2 aliphatic heterocycles. The lowest BCUT2D eigenvalue weighted by Gasteiger charge is -2.38. The van der Waals surface area contributed by atoms with Gasteiger partial charge in [-0.15, -0.1) is 4.68 Å². The summed E-state index contributed by atoms with van der Waals surface area (Å²) >= 11 is 6.66. The van der Waals surface area contributed by atoms with Crippen molar-refractivity contribution in [3.8, 4) is 0 Å². The van der Waals surface area contributed by atoms with Gasteiger partial charge in [0, 0.05) is 27.8 Å². The molecular weight excluding hydrogens is 921 g/mol. The number of fused-ring (bicyclic) bond motifs is 2. The molecule has 1 aliphatic carbocycles. The number of H-pyrrole nitrogens is 1. The topological polar surface area (TPSA) is 228 Å². The first-order valence-electron chi connectivity index (χ1n) is 22.7. The number of nitrogens with zero attached hydrogens (tertiary/aromatic N) is 8. The van der Waals surface area contributed by atoms with E-state index in [1.165, 1.54) is 0 Å². The number of amides is 1. The highest BCUT2D eigenvalue weighted by Crippen LogP contribution is 2.61. The molecule has 6 rings (SSSR count). The molecule has 0 unspecified atom stereocenters. The highest BCUT2D eigenvalue weighted by Gasteiger charge is 2.59. The number of rotatable bonds is 25. The normalized spacial score (nSPS) is 22.3. The number of nitrogens with one attached hydrogen (secondary N) is 1. The number of carbonyl (C=O) groups is 1. The van der Waals surface area contributed by atoms with E-state index < -0.39 is 63.0 Å². The lowest BCUT2D eigenvalue weighted by molar-refractivity contribution is -0.792. The van der Waals surface area contributed by atoms with Crippen LogP contribution in [0.2, 0.25) is 31.0 Å². The van der Waals surface area contributed by atoms with Crippen molar-refractivity contribution in [2.45, 2.75) is 160 Å². The van der Waals surface area contributed by atoms with Gasteiger partial charge in [0.2, 0.25) is 10.6 Å². The van der Waals surface area contributed by atoms with Gasteiger partial charge in [0.15, 0.2) is 30.2 Å². The Bertz CT molecular complexity index is 2090. The predicted octanol–water partition coefficient (Wildman–Crippen LogP) is 6.16. The lowest BCUT2D eigenvalue weighted by atomic mass is 10.1. The Morgan fingerprint density at radius 3 is 2.39 bits per heavy atom. The van der Waals surface area contributed by atoms with Crippen LogP contribution in [0.5, 0.6) is 0 Å². The van der Waals surface area contributed by atoms with Crippen LogP contribution < -0.4 is 9.58 Å². The molecule has 0 aromatic carbocycles. The van der Waals surface area contributed by atoms with Gasteiger partial charge in [0.05, 0.1) is 68.1 Å². The van der Waals surface area contributed by atoms with Crippen molar-refractivity contribution in [1.82, 2.24) is 35.3 Å². The fourth-order valence-corrected chi connectivity index (χ4v) is 10.9. The van der Waals surface area contributed by atoms with Crippen molar-refractivity contribution in [2.75, 3.05) is 64.9 Å². The number of carbonyl (C=O) groups excluding carboxylic acids is 1. The number of tetrazole rings is 1. The number of methoxy groups -OCH3 is 1. The summed E-state index contributed by atoms with van der Waals surface area (Å²) in [5.74, 6) is -0.339. The molecule has 3 aromatic heterocycles. The van der Waals surface area contributed by atoms with Gasteiger partial charge in [0.25, 0.3) is 0 Å². The smallest absolute Gasteiger partial charge is 0.416 e. The molecule has 25 heteroatoms. The number of ether oxygens (including phenoxy) is 9. The Hall–Kier alpha value is -2.77. The van der Waals surface area contributed by atoms with Gasteiger partial charge in [-0.25, -0.2) is 9.48 Å². The first-order valence-corrected chi connectivity index (χ1v) is 28.3. The van der Waals surface area contributed by atoms with Crippen LogP contribution in [0.1, 0.15) is 86.2 Å².